The maximum Gasteiger partial charge on any atom is 0.0374 e. The SMILES string of the molecule is CCC(CSC)N(C)c1ccc(CBr)cc1. The van der Waals surface area contributed by atoms with Gasteiger partial charge in [0.2, 0.25) is 0 Å². The van der Waals surface area contributed by atoms with E-state index in [1.807, 2.05) is 11.8 Å². The fraction of sp³-hybridized carbons (Fsp3) is 0.538. The van der Waals surface area contributed by atoms with Gasteiger partial charge in [0.25, 0.3) is 0 Å². The van der Waals surface area contributed by atoms with Crippen LogP contribution in [-0.2, 0) is 5.33 Å². The van der Waals surface area contributed by atoms with E-state index in [1.165, 1.54) is 23.4 Å². The number of rotatable bonds is 6. The Hall–Kier alpha value is -0.150. The molecule has 1 atom stereocenters. The van der Waals surface area contributed by atoms with Gasteiger partial charge in [-0.1, -0.05) is 35.0 Å². The quantitative estimate of drug-likeness (QED) is 0.726. The van der Waals surface area contributed by atoms with Crippen molar-refractivity contribution < 1.29 is 0 Å². The first-order valence-electron chi connectivity index (χ1n) is 5.59. The van der Waals surface area contributed by atoms with Gasteiger partial charge in [-0.05, 0) is 30.4 Å². The van der Waals surface area contributed by atoms with Gasteiger partial charge in [-0.2, -0.15) is 11.8 Å². The highest BCUT2D eigenvalue weighted by molar-refractivity contribution is 9.08. The molecule has 0 saturated carbocycles. The Morgan fingerprint density at radius 2 is 1.94 bits per heavy atom. The van der Waals surface area contributed by atoms with E-state index in [4.69, 9.17) is 0 Å². The summed E-state index contributed by atoms with van der Waals surface area (Å²) in [6.07, 6.45) is 3.36. The highest BCUT2D eigenvalue weighted by Crippen LogP contribution is 2.20. The molecule has 90 valence electrons. The van der Waals surface area contributed by atoms with Crippen molar-refractivity contribution in [2.24, 2.45) is 0 Å². The van der Waals surface area contributed by atoms with Crippen LogP contribution in [0.2, 0.25) is 0 Å². The topological polar surface area (TPSA) is 3.24 Å². The molecule has 1 unspecified atom stereocenters. The summed E-state index contributed by atoms with van der Waals surface area (Å²) in [5.41, 5.74) is 2.64. The molecule has 3 heteroatoms. The maximum atomic E-state index is 3.47. The Labute approximate surface area is 112 Å². The summed E-state index contributed by atoms with van der Waals surface area (Å²) in [4.78, 5) is 2.38. The molecule has 0 N–H and O–H groups in total. The molecule has 0 aliphatic carbocycles. The van der Waals surface area contributed by atoms with Crippen molar-refractivity contribution in [2.45, 2.75) is 24.7 Å². The highest BCUT2D eigenvalue weighted by atomic mass is 79.9. The molecule has 1 rings (SSSR count). The van der Waals surface area contributed by atoms with E-state index in [2.05, 4.69) is 65.3 Å². The Morgan fingerprint density at radius 1 is 1.31 bits per heavy atom. The lowest BCUT2D eigenvalue weighted by atomic mass is 10.1. The second kappa shape index (κ2) is 7.23. The lowest BCUT2D eigenvalue weighted by Gasteiger charge is -2.29. The second-order valence-electron chi connectivity index (χ2n) is 3.93. The van der Waals surface area contributed by atoms with Gasteiger partial charge >= 0.3 is 0 Å². The van der Waals surface area contributed by atoms with Crippen LogP contribution in [0.3, 0.4) is 0 Å². The lowest BCUT2D eigenvalue weighted by molar-refractivity contribution is 0.673. The zero-order chi connectivity index (χ0) is 12.0. The molecule has 1 aromatic rings. The minimum atomic E-state index is 0.629. The molecule has 0 heterocycles. The van der Waals surface area contributed by atoms with Crippen molar-refractivity contribution in [1.29, 1.82) is 0 Å². The Kier molecular flexibility index (Phi) is 6.29. The molecule has 0 saturated heterocycles. The molecule has 1 nitrogen and oxygen atoms in total. The van der Waals surface area contributed by atoms with E-state index in [0.717, 1.165) is 5.33 Å². The predicted molar refractivity (Wildman–Crippen MR) is 79.9 cm³/mol. The lowest BCUT2D eigenvalue weighted by Crippen LogP contribution is -2.33. The third-order valence-electron chi connectivity index (χ3n) is 2.88. The fourth-order valence-electron chi connectivity index (χ4n) is 1.73. The van der Waals surface area contributed by atoms with Crippen LogP contribution in [0.15, 0.2) is 24.3 Å². The highest BCUT2D eigenvalue weighted by Gasteiger charge is 2.12. The first-order chi connectivity index (χ1) is 7.72. The molecule has 0 aliphatic heterocycles. The van der Waals surface area contributed by atoms with Crippen LogP contribution in [0.5, 0.6) is 0 Å². The first-order valence-corrected chi connectivity index (χ1v) is 8.11. The van der Waals surface area contributed by atoms with Crippen LogP contribution in [0, 0.1) is 0 Å². The van der Waals surface area contributed by atoms with Crippen LogP contribution in [-0.4, -0.2) is 25.1 Å². The Morgan fingerprint density at radius 3 is 2.38 bits per heavy atom. The van der Waals surface area contributed by atoms with E-state index in [-0.39, 0.29) is 0 Å². The third-order valence-corrected chi connectivity index (χ3v) is 4.24. The van der Waals surface area contributed by atoms with Gasteiger partial charge in [0.1, 0.15) is 0 Å². The van der Waals surface area contributed by atoms with Crippen molar-refractivity contribution in [3.8, 4) is 0 Å². The number of benzene rings is 1. The van der Waals surface area contributed by atoms with Crippen molar-refractivity contribution in [2.75, 3.05) is 24.0 Å². The predicted octanol–water partition coefficient (Wildman–Crippen LogP) is 4.16. The van der Waals surface area contributed by atoms with Gasteiger partial charge in [-0.3, -0.25) is 0 Å². The first kappa shape index (κ1) is 13.9. The summed E-state index contributed by atoms with van der Waals surface area (Å²) in [6.45, 7) is 2.25. The van der Waals surface area contributed by atoms with Crippen LogP contribution in [0.4, 0.5) is 5.69 Å². The summed E-state index contributed by atoms with van der Waals surface area (Å²) < 4.78 is 0. The molecule has 16 heavy (non-hydrogen) atoms. The van der Waals surface area contributed by atoms with Crippen molar-refractivity contribution in [3.05, 3.63) is 29.8 Å². The molecule has 0 bridgehead atoms. The summed E-state index contributed by atoms with van der Waals surface area (Å²) in [7, 11) is 2.19. The van der Waals surface area contributed by atoms with Crippen molar-refractivity contribution in [1.82, 2.24) is 0 Å². The van der Waals surface area contributed by atoms with Crippen LogP contribution < -0.4 is 4.90 Å². The Bertz CT molecular complexity index is 299. The van der Waals surface area contributed by atoms with Crippen LogP contribution in [0.1, 0.15) is 18.9 Å². The van der Waals surface area contributed by atoms with E-state index in [9.17, 15) is 0 Å². The number of alkyl halides is 1. The van der Waals surface area contributed by atoms with Gasteiger partial charge in [0.05, 0.1) is 0 Å². The van der Waals surface area contributed by atoms with Crippen LogP contribution >= 0.6 is 27.7 Å². The smallest absolute Gasteiger partial charge is 0.0374 e. The van der Waals surface area contributed by atoms with Gasteiger partial charge in [0, 0.05) is 29.9 Å². The Balaban J connectivity index is 2.73. The minimum absolute atomic E-state index is 0.629. The molecule has 0 spiro atoms. The van der Waals surface area contributed by atoms with Gasteiger partial charge in [0.15, 0.2) is 0 Å². The van der Waals surface area contributed by atoms with Gasteiger partial charge < -0.3 is 4.90 Å². The molecule has 0 aliphatic rings. The standard InChI is InChI=1S/C13H20BrNS/c1-4-12(10-16-3)15(2)13-7-5-11(9-14)6-8-13/h5-8,12H,4,9-10H2,1-3H3. The molecule has 1 aromatic carbocycles. The largest absolute Gasteiger partial charge is 0.371 e. The number of anilines is 1. The number of hydrogen-bond acceptors (Lipinski definition) is 2. The van der Waals surface area contributed by atoms with E-state index in [0.29, 0.717) is 6.04 Å². The number of thioether (sulfide) groups is 1. The third kappa shape index (κ3) is 3.70. The summed E-state index contributed by atoms with van der Waals surface area (Å²) in [5, 5.41) is 0.930. The number of nitrogens with zero attached hydrogens (tertiary/aromatic N) is 1. The average Bonchev–Trinajstić information content (AvgIpc) is 2.35. The molecular weight excluding hydrogens is 282 g/mol. The molecule has 0 amide bonds. The molecular formula is C13H20BrNS. The number of halogens is 1. The minimum Gasteiger partial charge on any atom is -0.371 e. The molecule has 0 aromatic heterocycles. The summed E-state index contributed by atoms with van der Waals surface area (Å²) in [5.74, 6) is 1.19. The zero-order valence-corrected chi connectivity index (χ0v) is 12.6. The monoisotopic (exact) mass is 301 g/mol. The van der Waals surface area contributed by atoms with E-state index in [1.54, 1.807) is 0 Å². The second-order valence-corrected chi connectivity index (χ2v) is 5.40. The van der Waals surface area contributed by atoms with Gasteiger partial charge in [-0.25, -0.2) is 0 Å². The van der Waals surface area contributed by atoms with Crippen LogP contribution in [0.25, 0.3) is 0 Å². The van der Waals surface area contributed by atoms with E-state index < -0.39 is 0 Å². The average molecular weight is 302 g/mol. The fourth-order valence-corrected chi connectivity index (χ4v) is 2.94. The summed E-state index contributed by atoms with van der Waals surface area (Å²) in [6, 6.07) is 9.42. The van der Waals surface area contributed by atoms with Gasteiger partial charge in [-0.15, -0.1) is 0 Å². The summed E-state index contributed by atoms with van der Waals surface area (Å²) >= 11 is 5.39. The molecule has 0 radical (unpaired) electrons. The number of hydrogen-bond donors (Lipinski definition) is 0. The van der Waals surface area contributed by atoms with E-state index >= 15 is 0 Å². The van der Waals surface area contributed by atoms with Crippen molar-refractivity contribution >= 4 is 33.4 Å². The van der Waals surface area contributed by atoms with Crippen molar-refractivity contribution in [3.63, 3.8) is 0 Å². The zero-order valence-electron chi connectivity index (χ0n) is 10.2. The maximum absolute atomic E-state index is 3.47. The normalized spacial score (nSPS) is 12.5. The molecule has 0 fully saturated rings.